The number of nitrogens with zero attached hydrogens (tertiary/aromatic N) is 1. The highest BCUT2D eigenvalue weighted by atomic mass is 16.2. The molecule has 1 aliphatic heterocycles. The molecular formula is C12H17N3O. The van der Waals surface area contributed by atoms with Crippen LogP contribution in [-0.4, -0.2) is 18.5 Å². The number of carbonyl (C=O) groups is 1. The SMILES string of the molecule is CC(CCN)N1C(=O)Cc2cc(N)ccc21. The first-order valence-electron chi connectivity index (χ1n) is 5.54. The second-order valence-electron chi connectivity index (χ2n) is 4.26. The fourth-order valence-corrected chi connectivity index (χ4v) is 2.22. The third-order valence-electron chi connectivity index (χ3n) is 3.00. The molecule has 1 aromatic rings. The Labute approximate surface area is 95.2 Å². The van der Waals surface area contributed by atoms with Crippen LogP contribution in [0.1, 0.15) is 18.9 Å². The Balaban J connectivity index is 2.32. The van der Waals surface area contributed by atoms with Crippen molar-refractivity contribution in [1.82, 2.24) is 0 Å². The molecule has 2 rings (SSSR count). The van der Waals surface area contributed by atoms with Gasteiger partial charge >= 0.3 is 0 Å². The maximum Gasteiger partial charge on any atom is 0.231 e. The van der Waals surface area contributed by atoms with Crippen molar-refractivity contribution in [2.45, 2.75) is 25.8 Å². The maximum absolute atomic E-state index is 11.9. The average Bonchev–Trinajstić information content (AvgIpc) is 2.53. The minimum absolute atomic E-state index is 0.140. The maximum atomic E-state index is 11.9. The first-order valence-corrected chi connectivity index (χ1v) is 5.54. The lowest BCUT2D eigenvalue weighted by Crippen LogP contribution is -2.37. The lowest BCUT2D eigenvalue weighted by Gasteiger charge is -2.25. The summed E-state index contributed by atoms with van der Waals surface area (Å²) in [6, 6.07) is 5.78. The minimum Gasteiger partial charge on any atom is -0.399 e. The lowest BCUT2D eigenvalue weighted by molar-refractivity contribution is -0.117. The standard InChI is InChI=1S/C12H17N3O/c1-8(4-5-13)15-11-3-2-10(14)6-9(11)7-12(15)16/h2-3,6,8H,4-5,7,13-14H2,1H3. The summed E-state index contributed by atoms with van der Waals surface area (Å²) in [6.45, 7) is 2.62. The van der Waals surface area contributed by atoms with E-state index in [1.807, 2.05) is 30.0 Å². The van der Waals surface area contributed by atoms with E-state index in [4.69, 9.17) is 11.5 Å². The van der Waals surface area contributed by atoms with E-state index < -0.39 is 0 Å². The van der Waals surface area contributed by atoms with Gasteiger partial charge in [-0.3, -0.25) is 4.79 Å². The van der Waals surface area contributed by atoms with Gasteiger partial charge in [0.15, 0.2) is 0 Å². The molecule has 0 spiro atoms. The van der Waals surface area contributed by atoms with Crippen molar-refractivity contribution in [1.29, 1.82) is 0 Å². The van der Waals surface area contributed by atoms with E-state index >= 15 is 0 Å². The van der Waals surface area contributed by atoms with Crippen molar-refractivity contribution >= 4 is 17.3 Å². The van der Waals surface area contributed by atoms with Crippen LogP contribution in [0.2, 0.25) is 0 Å². The van der Waals surface area contributed by atoms with Crippen molar-refractivity contribution in [2.24, 2.45) is 5.73 Å². The second-order valence-corrected chi connectivity index (χ2v) is 4.26. The Morgan fingerprint density at radius 3 is 2.94 bits per heavy atom. The van der Waals surface area contributed by atoms with Crippen molar-refractivity contribution in [2.75, 3.05) is 17.2 Å². The summed E-state index contributed by atoms with van der Waals surface area (Å²) in [5, 5.41) is 0. The number of hydrogen-bond acceptors (Lipinski definition) is 3. The Morgan fingerprint density at radius 1 is 1.50 bits per heavy atom. The van der Waals surface area contributed by atoms with Gasteiger partial charge in [0.2, 0.25) is 5.91 Å². The molecule has 0 bridgehead atoms. The highest BCUT2D eigenvalue weighted by molar-refractivity contribution is 6.02. The number of carbonyl (C=O) groups excluding carboxylic acids is 1. The molecule has 16 heavy (non-hydrogen) atoms. The molecule has 0 fully saturated rings. The Bertz CT molecular complexity index is 417. The quantitative estimate of drug-likeness (QED) is 0.742. The van der Waals surface area contributed by atoms with Crippen LogP contribution in [0, 0.1) is 0 Å². The Morgan fingerprint density at radius 2 is 2.25 bits per heavy atom. The zero-order valence-electron chi connectivity index (χ0n) is 9.44. The number of nitrogens with two attached hydrogens (primary N) is 2. The third kappa shape index (κ3) is 1.76. The van der Waals surface area contributed by atoms with Gasteiger partial charge in [0.25, 0.3) is 0 Å². The summed E-state index contributed by atoms with van der Waals surface area (Å²) in [5.74, 6) is 0.140. The first-order chi connectivity index (χ1) is 7.63. The molecule has 1 amide bonds. The molecule has 4 heteroatoms. The van der Waals surface area contributed by atoms with Crippen molar-refractivity contribution < 1.29 is 4.79 Å². The van der Waals surface area contributed by atoms with E-state index in [-0.39, 0.29) is 11.9 Å². The predicted molar refractivity (Wildman–Crippen MR) is 65.2 cm³/mol. The third-order valence-corrected chi connectivity index (χ3v) is 3.00. The van der Waals surface area contributed by atoms with Gasteiger partial charge in [-0.1, -0.05) is 0 Å². The van der Waals surface area contributed by atoms with Gasteiger partial charge in [-0.2, -0.15) is 0 Å². The van der Waals surface area contributed by atoms with Crippen molar-refractivity contribution in [3.63, 3.8) is 0 Å². The molecule has 4 N–H and O–H groups in total. The largest absolute Gasteiger partial charge is 0.399 e. The van der Waals surface area contributed by atoms with Crippen molar-refractivity contribution in [3.05, 3.63) is 23.8 Å². The van der Waals surface area contributed by atoms with Gasteiger partial charge in [0.05, 0.1) is 6.42 Å². The second kappa shape index (κ2) is 4.14. The number of fused-ring (bicyclic) bond motifs is 1. The van der Waals surface area contributed by atoms with Crippen LogP contribution in [0.25, 0.3) is 0 Å². The van der Waals surface area contributed by atoms with Crippen LogP contribution in [0.3, 0.4) is 0 Å². The van der Waals surface area contributed by atoms with Gasteiger partial charge in [-0.25, -0.2) is 0 Å². The number of amides is 1. The molecule has 0 aromatic heterocycles. The average molecular weight is 219 g/mol. The zero-order valence-corrected chi connectivity index (χ0v) is 9.44. The van der Waals surface area contributed by atoms with Gasteiger partial charge in [0.1, 0.15) is 0 Å². The monoisotopic (exact) mass is 219 g/mol. The molecular weight excluding hydrogens is 202 g/mol. The van der Waals surface area contributed by atoms with Gasteiger partial charge < -0.3 is 16.4 Å². The molecule has 4 nitrogen and oxygen atoms in total. The highest BCUT2D eigenvalue weighted by Gasteiger charge is 2.30. The van der Waals surface area contributed by atoms with Gasteiger partial charge in [-0.15, -0.1) is 0 Å². The fourth-order valence-electron chi connectivity index (χ4n) is 2.22. The number of nitrogen functional groups attached to an aromatic ring is 1. The smallest absolute Gasteiger partial charge is 0.231 e. The molecule has 0 aliphatic carbocycles. The number of hydrogen-bond donors (Lipinski definition) is 2. The Kier molecular flexibility index (Phi) is 2.83. The van der Waals surface area contributed by atoms with Crippen LogP contribution in [-0.2, 0) is 11.2 Å². The molecule has 0 saturated carbocycles. The fraction of sp³-hybridized carbons (Fsp3) is 0.417. The highest BCUT2D eigenvalue weighted by Crippen LogP contribution is 2.32. The predicted octanol–water partition coefficient (Wildman–Crippen LogP) is 0.895. The van der Waals surface area contributed by atoms with E-state index in [0.717, 1.165) is 17.7 Å². The first kappa shape index (κ1) is 11.0. The summed E-state index contributed by atoms with van der Waals surface area (Å²) < 4.78 is 0. The molecule has 0 saturated heterocycles. The Hall–Kier alpha value is -1.55. The van der Waals surface area contributed by atoms with E-state index in [0.29, 0.717) is 18.7 Å². The number of rotatable bonds is 3. The molecule has 1 aliphatic rings. The number of anilines is 2. The lowest BCUT2D eigenvalue weighted by atomic mass is 10.1. The molecule has 1 unspecified atom stereocenters. The number of benzene rings is 1. The molecule has 1 aromatic carbocycles. The minimum atomic E-state index is 0.140. The van der Waals surface area contributed by atoms with Crippen LogP contribution in [0.5, 0.6) is 0 Å². The van der Waals surface area contributed by atoms with Gasteiger partial charge in [0, 0.05) is 17.4 Å². The molecule has 1 atom stereocenters. The zero-order chi connectivity index (χ0) is 11.7. The van der Waals surface area contributed by atoms with E-state index in [1.165, 1.54) is 0 Å². The summed E-state index contributed by atoms with van der Waals surface area (Å²) in [5.41, 5.74) is 14.0. The van der Waals surface area contributed by atoms with E-state index in [9.17, 15) is 4.79 Å². The summed E-state index contributed by atoms with van der Waals surface area (Å²) >= 11 is 0. The van der Waals surface area contributed by atoms with E-state index in [1.54, 1.807) is 0 Å². The van der Waals surface area contributed by atoms with Crippen LogP contribution in [0.15, 0.2) is 18.2 Å². The van der Waals surface area contributed by atoms with Crippen LogP contribution in [0.4, 0.5) is 11.4 Å². The van der Waals surface area contributed by atoms with E-state index in [2.05, 4.69) is 0 Å². The molecule has 0 radical (unpaired) electrons. The molecule has 1 heterocycles. The van der Waals surface area contributed by atoms with Crippen molar-refractivity contribution in [3.8, 4) is 0 Å². The summed E-state index contributed by atoms with van der Waals surface area (Å²) in [7, 11) is 0. The summed E-state index contributed by atoms with van der Waals surface area (Å²) in [6.07, 6.45) is 1.27. The van der Waals surface area contributed by atoms with Gasteiger partial charge in [-0.05, 0) is 43.7 Å². The topological polar surface area (TPSA) is 72.3 Å². The normalized spacial score (nSPS) is 16.4. The summed E-state index contributed by atoms with van der Waals surface area (Å²) in [4.78, 5) is 13.7. The molecule has 86 valence electrons. The van der Waals surface area contributed by atoms with Crippen LogP contribution >= 0.6 is 0 Å². The van der Waals surface area contributed by atoms with Crippen LogP contribution < -0.4 is 16.4 Å².